The quantitative estimate of drug-likeness (QED) is 0.755. The molecular formula is C15H19BrO. The van der Waals surface area contributed by atoms with Crippen LogP contribution in [0.2, 0.25) is 0 Å². The summed E-state index contributed by atoms with van der Waals surface area (Å²) in [4.78, 5) is 0. The predicted molar refractivity (Wildman–Crippen MR) is 76.3 cm³/mol. The molecule has 1 aliphatic carbocycles. The second kappa shape index (κ2) is 6.25. The van der Waals surface area contributed by atoms with E-state index in [1.165, 1.54) is 32.1 Å². The molecule has 0 heterocycles. The normalized spacial score (nSPS) is 16.8. The van der Waals surface area contributed by atoms with Gasteiger partial charge in [-0.05, 0) is 52.4 Å². The average Bonchev–Trinajstić information content (AvgIpc) is 2.38. The summed E-state index contributed by atoms with van der Waals surface area (Å²) in [5.74, 6) is 1.69. The molecule has 1 aliphatic rings. The van der Waals surface area contributed by atoms with Gasteiger partial charge in [0.05, 0.1) is 11.1 Å². The highest BCUT2D eigenvalue weighted by Crippen LogP contribution is 2.29. The maximum Gasteiger partial charge on any atom is 0.133 e. The standard InChI is InChI=1S/C15H19BrO/c1-2-12-8-9-15(14(16)10-12)17-11-13-6-4-3-5-7-13/h2,8-10,13H,1,3-7,11H2. The Labute approximate surface area is 112 Å². The fourth-order valence-electron chi connectivity index (χ4n) is 2.32. The zero-order valence-electron chi connectivity index (χ0n) is 10.1. The molecule has 0 bridgehead atoms. The Hall–Kier alpha value is -0.760. The predicted octanol–water partition coefficient (Wildman–Crippen LogP) is 5.05. The van der Waals surface area contributed by atoms with Crippen molar-refractivity contribution in [2.75, 3.05) is 6.61 Å². The number of benzene rings is 1. The van der Waals surface area contributed by atoms with Gasteiger partial charge < -0.3 is 4.74 Å². The van der Waals surface area contributed by atoms with Gasteiger partial charge in [0.2, 0.25) is 0 Å². The lowest BCUT2D eigenvalue weighted by molar-refractivity contribution is 0.208. The summed E-state index contributed by atoms with van der Waals surface area (Å²) in [6.45, 7) is 4.61. The molecule has 0 unspecified atom stereocenters. The van der Waals surface area contributed by atoms with Crippen LogP contribution < -0.4 is 4.74 Å². The molecule has 1 aromatic rings. The molecule has 0 N–H and O–H groups in total. The van der Waals surface area contributed by atoms with Crippen LogP contribution >= 0.6 is 15.9 Å². The monoisotopic (exact) mass is 294 g/mol. The van der Waals surface area contributed by atoms with Crippen LogP contribution in [0.25, 0.3) is 6.08 Å². The van der Waals surface area contributed by atoms with Gasteiger partial charge in [0.25, 0.3) is 0 Å². The van der Waals surface area contributed by atoms with E-state index < -0.39 is 0 Å². The van der Waals surface area contributed by atoms with Gasteiger partial charge in [0.1, 0.15) is 5.75 Å². The molecule has 92 valence electrons. The minimum atomic E-state index is 0.745. The van der Waals surface area contributed by atoms with E-state index in [9.17, 15) is 0 Å². The molecule has 1 fully saturated rings. The molecule has 0 amide bonds. The smallest absolute Gasteiger partial charge is 0.133 e. The Balaban J connectivity index is 1.91. The molecular weight excluding hydrogens is 276 g/mol. The molecule has 1 nitrogen and oxygen atoms in total. The number of ether oxygens (including phenoxy) is 1. The minimum Gasteiger partial charge on any atom is -0.492 e. The fourth-order valence-corrected chi connectivity index (χ4v) is 2.83. The Morgan fingerprint density at radius 2 is 2.06 bits per heavy atom. The highest BCUT2D eigenvalue weighted by atomic mass is 79.9. The maximum atomic E-state index is 5.89. The first-order valence-electron chi connectivity index (χ1n) is 6.34. The van der Waals surface area contributed by atoms with Gasteiger partial charge in [-0.25, -0.2) is 0 Å². The highest BCUT2D eigenvalue weighted by Gasteiger charge is 2.14. The van der Waals surface area contributed by atoms with Gasteiger partial charge in [-0.2, -0.15) is 0 Å². The lowest BCUT2D eigenvalue weighted by Crippen LogP contribution is -2.15. The SMILES string of the molecule is C=Cc1ccc(OCC2CCCCC2)c(Br)c1. The van der Waals surface area contributed by atoms with Crippen molar-refractivity contribution in [1.29, 1.82) is 0 Å². The first-order valence-corrected chi connectivity index (χ1v) is 7.13. The van der Waals surface area contributed by atoms with Crippen molar-refractivity contribution in [3.8, 4) is 5.75 Å². The van der Waals surface area contributed by atoms with Crippen LogP contribution in [0.15, 0.2) is 29.3 Å². The van der Waals surface area contributed by atoms with Crippen LogP contribution in [-0.2, 0) is 0 Å². The number of halogens is 1. The van der Waals surface area contributed by atoms with Crippen molar-refractivity contribution in [3.63, 3.8) is 0 Å². The Morgan fingerprint density at radius 3 is 2.71 bits per heavy atom. The van der Waals surface area contributed by atoms with E-state index in [4.69, 9.17) is 4.74 Å². The summed E-state index contributed by atoms with van der Waals surface area (Å²) in [6, 6.07) is 6.10. The molecule has 2 rings (SSSR count). The van der Waals surface area contributed by atoms with Crippen molar-refractivity contribution in [2.45, 2.75) is 32.1 Å². The lowest BCUT2D eigenvalue weighted by atomic mass is 9.90. The minimum absolute atomic E-state index is 0.745. The fraction of sp³-hybridized carbons (Fsp3) is 0.467. The third kappa shape index (κ3) is 3.60. The highest BCUT2D eigenvalue weighted by molar-refractivity contribution is 9.10. The van der Waals surface area contributed by atoms with E-state index >= 15 is 0 Å². The van der Waals surface area contributed by atoms with E-state index in [-0.39, 0.29) is 0 Å². The van der Waals surface area contributed by atoms with E-state index in [2.05, 4.69) is 22.5 Å². The van der Waals surface area contributed by atoms with Gasteiger partial charge in [-0.15, -0.1) is 0 Å². The number of hydrogen-bond donors (Lipinski definition) is 0. The van der Waals surface area contributed by atoms with Crippen LogP contribution in [0.5, 0.6) is 5.75 Å². The van der Waals surface area contributed by atoms with Crippen LogP contribution in [0.4, 0.5) is 0 Å². The molecule has 0 aromatic heterocycles. The van der Waals surface area contributed by atoms with Crippen molar-refractivity contribution >= 4 is 22.0 Å². The molecule has 0 aliphatic heterocycles. The number of rotatable bonds is 4. The third-order valence-corrected chi connectivity index (χ3v) is 4.01. The van der Waals surface area contributed by atoms with E-state index in [0.717, 1.165) is 28.3 Å². The average molecular weight is 295 g/mol. The summed E-state index contributed by atoms with van der Waals surface area (Å²) in [5, 5.41) is 0. The van der Waals surface area contributed by atoms with Crippen LogP contribution in [0.1, 0.15) is 37.7 Å². The largest absolute Gasteiger partial charge is 0.492 e. The third-order valence-electron chi connectivity index (χ3n) is 3.39. The summed E-state index contributed by atoms with van der Waals surface area (Å²) in [6.07, 6.45) is 8.61. The molecule has 1 saturated carbocycles. The first kappa shape index (κ1) is 12.7. The van der Waals surface area contributed by atoms with E-state index in [1.54, 1.807) is 0 Å². The van der Waals surface area contributed by atoms with Gasteiger partial charge in [0.15, 0.2) is 0 Å². The topological polar surface area (TPSA) is 9.23 Å². The summed E-state index contributed by atoms with van der Waals surface area (Å²) in [5.41, 5.74) is 1.11. The van der Waals surface area contributed by atoms with Gasteiger partial charge in [-0.1, -0.05) is 38.0 Å². The number of hydrogen-bond acceptors (Lipinski definition) is 1. The summed E-state index contributed by atoms with van der Waals surface area (Å²) < 4.78 is 6.91. The maximum absolute atomic E-state index is 5.89. The molecule has 0 spiro atoms. The van der Waals surface area contributed by atoms with Crippen LogP contribution in [0.3, 0.4) is 0 Å². The zero-order valence-corrected chi connectivity index (χ0v) is 11.7. The van der Waals surface area contributed by atoms with Gasteiger partial charge in [0, 0.05) is 0 Å². The van der Waals surface area contributed by atoms with E-state index in [0.29, 0.717) is 0 Å². The zero-order chi connectivity index (χ0) is 12.1. The van der Waals surface area contributed by atoms with Crippen molar-refractivity contribution in [3.05, 3.63) is 34.8 Å². The first-order chi connectivity index (χ1) is 8.29. The van der Waals surface area contributed by atoms with E-state index in [1.807, 2.05) is 24.3 Å². The van der Waals surface area contributed by atoms with Crippen molar-refractivity contribution < 1.29 is 4.74 Å². The molecule has 1 aromatic carbocycles. The Bertz CT molecular complexity index is 381. The summed E-state index contributed by atoms with van der Waals surface area (Å²) in [7, 11) is 0. The molecule has 0 atom stereocenters. The second-order valence-corrected chi connectivity index (χ2v) is 5.56. The van der Waals surface area contributed by atoms with Crippen LogP contribution in [-0.4, -0.2) is 6.61 Å². The summed E-state index contributed by atoms with van der Waals surface area (Å²) >= 11 is 3.54. The Kier molecular flexibility index (Phi) is 4.66. The molecule has 17 heavy (non-hydrogen) atoms. The van der Waals surface area contributed by atoms with Crippen molar-refractivity contribution in [2.24, 2.45) is 5.92 Å². The Morgan fingerprint density at radius 1 is 1.29 bits per heavy atom. The molecule has 0 saturated heterocycles. The molecule has 2 heteroatoms. The lowest BCUT2D eigenvalue weighted by Gasteiger charge is -2.22. The molecule has 0 radical (unpaired) electrons. The second-order valence-electron chi connectivity index (χ2n) is 4.71. The van der Waals surface area contributed by atoms with Crippen LogP contribution in [0, 0.1) is 5.92 Å². The van der Waals surface area contributed by atoms with Gasteiger partial charge >= 0.3 is 0 Å². The van der Waals surface area contributed by atoms with Crippen molar-refractivity contribution in [1.82, 2.24) is 0 Å². The van der Waals surface area contributed by atoms with Gasteiger partial charge in [-0.3, -0.25) is 0 Å².